The van der Waals surface area contributed by atoms with Crippen LogP contribution in [0.5, 0.6) is 0 Å². The second-order valence-electron chi connectivity index (χ2n) is 1.07. The Hall–Kier alpha value is 0.220. The molecule has 3 heteroatoms. The summed E-state index contributed by atoms with van der Waals surface area (Å²) in [5, 5.41) is 5.34. The van der Waals surface area contributed by atoms with Crippen molar-refractivity contribution in [1.29, 1.82) is 0 Å². The average Bonchev–Trinajstić information content (AvgIpc) is 2.63. The van der Waals surface area contributed by atoms with Gasteiger partial charge in [0, 0.05) is 18.0 Å². The van der Waals surface area contributed by atoms with Crippen LogP contribution in [-0.4, -0.2) is 0 Å². The van der Waals surface area contributed by atoms with Crippen LogP contribution >= 0.6 is 18.7 Å². The zero-order valence-corrected chi connectivity index (χ0v) is 10.0. The molecule has 1 aromatic heterocycles. The fourth-order valence-electron chi connectivity index (χ4n) is 0.309. The molecule has 0 aliphatic rings. The summed E-state index contributed by atoms with van der Waals surface area (Å²) in [6, 6.07) is 2.04. The van der Waals surface area contributed by atoms with Gasteiger partial charge in [-0.2, -0.15) is 11.3 Å². The van der Waals surface area contributed by atoms with Crippen LogP contribution in [-0.2, 0) is 11.8 Å². The van der Waals surface area contributed by atoms with Crippen molar-refractivity contribution in [3.63, 3.8) is 0 Å². The van der Waals surface area contributed by atoms with E-state index in [-0.39, 0.29) is 0 Å². The van der Waals surface area contributed by atoms with Crippen LogP contribution < -0.4 is 5.30 Å². The standard InChI is InChI=1S/C4H3PS2.2C2H6/c6-5-4-1-2-7-3-4;2*1-2/h1-3H;2*1-2H3. The monoisotopic (exact) mass is 206 g/mol. The Morgan fingerprint density at radius 1 is 1.27 bits per heavy atom. The Bertz CT molecular complexity index is 147. The van der Waals surface area contributed by atoms with Crippen LogP contribution in [0.3, 0.4) is 0 Å². The highest BCUT2D eigenvalue weighted by atomic mass is 32.4. The fourth-order valence-corrected chi connectivity index (χ4v) is 1.99. The van der Waals surface area contributed by atoms with Crippen molar-refractivity contribution in [2.24, 2.45) is 0 Å². The van der Waals surface area contributed by atoms with Gasteiger partial charge in [0.05, 0.1) is 0 Å². The van der Waals surface area contributed by atoms with Gasteiger partial charge in [-0.05, 0) is 11.4 Å². The van der Waals surface area contributed by atoms with E-state index in [1.165, 1.54) is 5.30 Å². The molecule has 0 nitrogen and oxygen atoms in total. The molecule has 11 heavy (non-hydrogen) atoms. The minimum atomic E-state index is 0.959. The van der Waals surface area contributed by atoms with Crippen molar-refractivity contribution in [3.05, 3.63) is 16.8 Å². The van der Waals surface area contributed by atoms with E-state index in [1.807, 2.05) is 39.1 Å². The average molecular weight is 206 g/mol. The molecule has 0 saturated carbocycles. The third kappa shape index (κ3) is 8.12. The van der Waals surface area contributed by atoms with Gasteiger partial charge < -0.3 is 0 Å². The molecule has 0 fully saturated rings. The van der Waals surface area contributed by atoms with Crippen LogP contribution in [0.25, 0.3) is 0 Å². The SMILES string of the molecule is CC.CC.S=Pc1ccsc1. The largest absolute Gasteiger partial charge is 0.151 e. The molecule has 0 N–H and O–H groups in total. The Balaban J connectivity index is 0. The van der Waals surface area contributed by atoms with E-state index < -0.39 is 0 Å². The van der Waals surface area contributed by atoms with Gasteiger partial charge in [-0.15, -0.1) is 0 Å². The second kappa shape index (κ2) is 12.9. The minimum absolute atomic E-state index is 0.959. The first-order chi connectivity index (χ1) is 5.43. The maximum atomic E-state index is 4.75. The predicted octanol–water partition coefficient (Wildman–Crippen LogP) is 3.83. The van der Waals surface area contributed by atoms with Gasteiger partial charge in [0.2, 0.25) is 0 Å². The lowest BCUT2D eigenvalue weighted by atomic mass is 10.7. The Kier molecular flexibility index (Phi) is 16.1. The summed E-state index contributed by atoms with van der Waals surface area (Å²) in [7, 11) is 0.959. The van der Waals surface area contributed by atoms with E-state index in [0.29, 0.717) is 0 Å². The molecular weight excluding hydrogens is 191 g/mol. The maximum Gasteiger partial charge on any atom is 0.0234 e. The highest BCUT2D eigenvalue weighted by molar-refractivity contribution is 7.99. The minimum Gasteiger partial charge on any atom is -0.151 e. The van der Waals surface area contributed by atoms with Gasteiger partial charge in [-0.25, -0.2) is 0 Å². The number of hydrogen-bond acceptors (Lipinski definition) is 2. The van der Waals surface area contributed by atoms with Crippen LogP contribution in [0, 0.1) is 0 Å². The summed E-state index contributed by atoms with van der Waals surface area (Å²) in [6.45, 7) is 8.00. The molecule has 0 atom stereocenters. The lowest BCUT2D eigenvalue weighted by Gasteiger charge is -1.67. The summed E-state index contributed by atoms with van der Waals surface area (Å²) < 4.78 is 0. The van der Waals surface area contributed by atoms with E-state index in [1.54, 1.807) is 11.3 Å². The van der Waals surface area contributed by atoms with Crippen LogP contribution in [0.1, 0.15) is 27.7 Å². The van der Waals surface area contributed by atoms with E-state index in [2.05, 4.69) is 5.38 Å². The maximum absolute atomic E-state index is 4.75. The molecule has 0 radical (unpaired) electrons. The van der Waals surface area contributed by atoms with Gasteiger partial charge in [-0.3, -0.25) is 0 Å². The zero-order chi connectivity index (χ0) is 9.11. The molecule has 0 aromatic carbocycles. The third-order valence-corrected chi connectivity index (χ3v) is 2.59. The van der Waals surface area contributed by atoms with Crippen LogP contribution in [0.15, 0.2) is 16.8 Å². The summed E-state index contributed by atoms with van der Waals surface area (Å²) >= 11 is 6.44. The normalized spacial score (nSPS) is 7.27. The molecule has 0 aliphatic heterocycles. The molecule has 1 heterocycles. The number of rotatable bonds is 1. The van der Waals surface area contributed by atoms with Crippen LogP contribution in [0.2, 0.25) is 0 Å². The lowest BCUT2D eigenvalue weighted by Crippen LogP contribution is -1.76. The summed E-state index contributed by atoms with van der Waals surface area (Å²) in [6.07, 6.45) is 0. The molecule has 1 aromatic rings. The topological polar surface area (TPSA) is 0 Å². The molecule has 0 spiro atoms. The molecule has 64 valence electrons. The third-order valence-electron chi connectivity index (χ3n) is 0.612. The highest BCUT2D eigenvalue weighted by Crippen LogP contribution is 1.99. The predicted molar refractivity (Wildman–Crippen MR) is 60.9 cm³/mol. The van der Waals surface area contributed by atoms with Gasteiger partial charge in [0.25, 0.3) is 0 Å². The van der Waals surface area contributed by atoms with E-state index in [4.69, 9.17) is 11.8 Å². The Labute approximate surface area is 80.5 Å². The Morgan fingerprint density at radius 3 is 2.00 bits per heavy atom. The zero-order valence-electron chi connectivity index (χ0n) is 7.50. The molecule has 0 unspecified atom stereocenters. The molecule has 1 rings (SSSR count). The molecule has 0 aliphatic carbocycles. The number of hydrogen-bond donors (Lipinski definition) is 0. The molecule has 0 amide bonds. The highest BCUT2D eigenvalue weighted by Gasteiger charge is 1.80. The molecular formula is C8H15PS2. The summed E-state index contributed by atoms with van der Waals surface area (Å²) in [5.41, 5.74) is 0. The smallest absolute Gasteiger partial charge is 0.0234 e. The quantitative estimate of drug-likeness (QED) is 0.629. The van der Waals surface area contributed by atoms with Gasteiger partial charge >= 0.3 is 0 Å². The first-order valence-corrected chi connectivity index (χ1v) is 6.64. The van der Waals surface area contributed by atoms with Gasteiger partial charge in [0.15, 0.2) is 0 Å². The fraction of sp³-hybridized carbons (Fsp3) is 0.500. The van der Waals surface area contributed by atoms with Crippen LogP contribution in [0.4, 0.5) is 0 Å². The van der Waals surface area contributed by atoms with Gasteiger partial charge in [0.1, 0.15) is 0 Å². The van der Waals surface area contributed by atoms with Crippen molar-refractivity contribution in [1.82, 2.24) is 0 Å². The lowest BCUT2D eigenvalue weighted by molar-refractivity contribution is 1.50. The Morgan fingerprint density at radius 2 is 1.82 bits per heavy atom. The summed E-state index contributed by atoms with van der Waals surface area (Å²) in [5.74, 6) is 0. The van der Waals surface area contributed by atoms with E-state index in [0.717, 1.165) is 7.36 Å². The van der Waals surface area contributed by atoms with Crippen molar-refractivity contribution >= 4 is 35.8 Å². The second-order valence-corrected chi connectivity index (χ2v) is 3.10. The first kappa shape index (κ1) is 13.8. The van der Waals surface area contributed by atoms with Crippen molar-refractivity contribution < 1.29 is 0 Å². The van der Waals surface area contributed by atoms with E-state index in [9.17, 15) is 0 Å². The first-order valence-electron chi connectivity index (χ1n) is 3.79. The molecule has 0 bridgehead atoms. The van der Waals surface area contributed by atoms with Crippen molar-refractivity contribution in [2.75, 3.05) is 0 Å². The van der Waals surface area contributed by atoms with E-state index >= 15 is 0 Å². The number of thiophene rings is 1. The van der Waals surface area contributed by atoms with Gasteiger partial charge in [-0.1, -0.05) is 39.5 Å². The van der Waals surface area contributed by atoms with Crippen molar-refractivity contribution in [2.45, 2.75) is 27.7 Å². The van der Waals surface area contributed by atoms with Crippen molar-refractivity contribution in [3.8, 4) is 0 Å². The molecule has 0 saturated heterocycles. The summed E-state index contributed by atoms with van der Waals surface area (Å²) in [4.78, 5) is 0.